The molecule has 114 valence electrons. The molecule has 1 aliphatic rings. The van der Waals surface area contributed by atoms with Gasteiger partial charge in [0.15, 0.2) is 5.13 Å². The van der Waals surface area contributed by atoms with Crippen molar-refractivity contribution in [3.8, 4) is 0 Å². The summed E-state index contributed by atoms with van der Waals surface area (Å²) < 4.78 is 0. The highest BCUT2D eigenvalue weighted by Gasteiger charge is 2.21. The number of rotatable bonds is 6. The molecule has 1 aromatic rings. The summed E-state index contributed by atoms with van der Waals surface area (Å²) in [5.41, 5.74) is 0. The second kappa shape index (κ2) is 7.38. The molecule has 1 aromatic heterocycles. The molecule has 20 heavy (non-hydrogen) atoms. The van der Waals surface area contributed by atoms with Gasteiger partial charge in [-0.2, -0.15) is 0 Å². The maximum atomic E-state index is 4.60. The Labute approximate surface area is 127 Å². The molecule has 0 amide bonds. The van der Waals surface area contributed by atoms with Crippen LogP contribution in [0.3, 0.4) is 0 Å². The molecular formula is C15H28N4S. The topological polar surface area (TPSA) is 31.4 Å². The van der Waals surface area contributed by atoms with E-state index in [1.807, 2.05) is 17.5 Å². The highest BCUT2D eigenvalue weighted by atomic mass is 32.1. The van der Waals surface area contributed by atoms with Gasteiger partial charge in [-0.1, -0.05) is 13.8 Å². The van der Waals surface area contributed by atoms with Crippen molar-refractivity contribution >= 4 is 16.5 Å². The first-order valence-corrected chi connectivity index (χ1v) is 8.44. The number of hydrogen-bond acceptors (Lipinski definition) is 5. The van der Waals surface area contributed by atoms with Gasteiger partial charge in [0.25, 0.3) is 0 Å². The van der Waals surface area contributed by atoms with E-state index < -0.39 is 0 Å². The molecule has 0 bridgehead atoms. The van der Waals surface area contributed by atoms with Gasteiger partial charge in [0, 0.05) is 43.3 Å². The fourth-order valence-electron chi connectivity index (χ4n) is 2.65. The minimum Gasteiger partial charge on any atom is -0.348 e. The van der Waals surface area contributed by atoms with E-state index in [1.165, 1.54) is 29.4 Å². The Morgan fingerprint density at radius 1 is 1.40 bits per heavy atom. The molecule has 0 unspecified atom stereocenters. The largest absolute Gasteiger partial charge is 0.348 e. The van der Waals surface area contributed by atoms with Gasteiger partial charge in [0.2, 0.25) is 0 Å². The number of hydrogen-bond donors (Lipinski definition) is 1. The maximum Gasteiger partial charge on any atom is 0.185 e. The number of nitrogens with one attached hydrogen (secondary N) is 1. The maximum absolute atomic E-state index is 4.60. The van der Waals surface area contributed by atoms with Crippen molar-refractivity contribution in [3.63, 3.8) is 0 Å². The van der Waals surface area contributed by atoms with Crippen molar-refractivity contribution < 1.29 is 0 Å². The minimum atomic E-state index is 0.530. The zero-order valence-corrected chi connectivity index (χ0v) is 14.0. The Morgan fingerprint density at radius 2 is 2.10 bits per heavy atom. The summed E-state index contributed by atoms with van der Waals surface area (Å²) in [5, 5.41) is 4.66. The van der Waals surface area contributed by atoms with Crippen molar-refractivity contribution in [2.45, 2.75) is 39.3 Å². The van der Waals surface area contributed by atoms with Gasteiger partial charge < -0.3 is 15.1 Å². The Bertz CT molecular complexity index is 394. The lowest BCUT2D eigenvalue weighted by Gasteiger charge is -2.32. The third-order valence-corrected chi connectivity index (χ3v) is 4.79. The summed E-state index contributed by atoms with van der Waals surface area (Å²) in [6.45, 7) is 8.82. The lowest BCUT2D eigenvalue weighted by Crippen LogP contribution is -2.37. The number of thiazole rings is 1. The first-order chi connectivity index (χ1) is 9.54. The molecule has 1 aliphatic heterocycles. The molecule has 1 saturated heterocycles. The Morgan fingerprint density at radius 3 is 2.70 bits per heavy atom. The van der Waals surface area contributed by atoms with Crippen LogP contribution in [-0.4, -0.2) is 49.7 Å². The Kier molecular flexibility index (Phi) is 5.81. The summed E-state index contributed by atoms with van der Waals surface area (Å²) in [6, 6.07) is 0.530. The Balaban J connectivity index is 1.81. The van der Waals surface area contributed by atoms with Crippen LogP contribution >= 0.6 is 11.3 Å². The molecule has 0 atom stereocenters. The number of aromatic nitrogens is 1. The van der Waals surface area contributed by atoms with Crippen LogP contribution in [-0.2, 0) is 6.54 Å². The van der Waals surface area contributed by atoms with Gasteiger partial charge in [0.1, 0.15) is 0 Å². The van der Waals surface area contributed by atoms with Crippen LogP contribution in [0, 0.1) is 5.92 Å². The first kappa shape index (κ1) is 15.7. The summed E-state index contributed by atoms with van der Waals surface area (Å²) in [7, 11) is 4.34. The van der Waals surface area contributed by atoms with E-state index >= 15 is 0 Å². The van der Waals surface area contributed by atoms with Crippen molar-refractivity contribution in [2.24, 2.45) is 5.92 Å². The molecule has 0 aliphatic carbocycles. The Hall–Kier alpha value is -0.650. The van der Waals surface area contributed by atoms with E-state index in [4.69, 9.17) is 0 Å². The van der Waals surface area contributed by atoms with Gasteiger partial charge in [0.05, 0.1) is 0 Å². The predicted molar refractivity (Wildman–Crippen MR) is 87.6 cm³/mol. The highest BCUT2D eigenvalue weighted by molar-refractivity contribution is 7.15. The van der Waals surface area contributed by atoms with Gasteiger partial charge in [-0.05, 0) is 32.9 Å². The summed E-state index contributed by atoms with van der Waals surface area (Å²) in [5.74, 6) is 0.850. The summed E-state index contributed by atoms with van der Waals surface area (Å²) in [6.07, 6.45) is 4.61. The molecule has 1 fully saturated rings. The van der Waals surface area contributed by atoms with Crippen LogP contribution in [0.15, 0.2) is 6.20 Å². The van der Waals surface area contributed by atoms with E-state index in [-0.39, 0.29) is 0 Å². The zero-order chi connectivity index (χ0) is 14.5. The van der Waals surface area contributed by atoms with E-state index in [0.29, 0.717) is 6.04 Å². The minimum absolute atomic E-state index is 0.530. The smallest absolute Gasteiger partial charge is 0.185 e. The molecule has 0 radical (unpaired) electrons. The van der Waals surface area contributed by atoms with E-state index in [2.05, 4.69) is 48.0 Å². The number of nitrogens with zero attached hydrogens (tertiary/aromatic N) is 3. The molecule has 1 N–H and O–H groups in total. The van der Waals surface area contributed by atoms with Gasteiger partial charge in [-0.25, -0.2) is 4.98 Å². The van der Waals surface area contributed by atoms with Crippen LogP contribution < -0.4 is 10.2 Å². The lowest BCUT2D eigenvalue weighted by molar-refractivity contribution is 0.285. The quantitative estimate of drug-likeness (QED) is 0.873. The lowest BCUT2D eigenvalue weighted by atomic mass is 9.97. The van der Waals surface area contributed by atoms with Crippen LogP contribution in [0.25, 0.3) is 0 Å². The molecular weight excluding hydrogens is 268 g/mol. The van der Waals surface area contributed by atoms with Crippen molar-refractivity contribution in [1.82, 2.24) is 15.2 Å². The monoisotopic (exact) mass is 296 g/mol. The van der Waals surface area contributed by atoms with E-state index in [1.54, 1.807) is 0 Å². The molecule has 4 nitrogen and oxygen atoms in total. The molecule has 0 saturated carbocycles. The third-order valence-electron chi connectivity index (χ3n) is 3.73. The number of anilines is 1. The zero-order valence-electron chi connectivity index (χ0n) is 13.2. The summed E-state index contributed by atoms with van der Waals surface area (Å²) >= 11 is 1.84. The highest BCUT2D eigenvalue weighted by Crippen LogP contribution is 2.27. The standard InChI is InChI=1S/C15H28N4S/c1-12(2)16-9-14-10-17-15(20-14)19-7-5-13(6-8-19)11-18(3)4/h10,12-13,16H,5-9,11H2,1-4H3. The van der Waals surface area contributed by atoms with Crippen LogP contribution in [0.1, 0.15) is 31.6 Å². The molecule has 5 heteroatoms. The number of piperidine rings is 1. The van der Waals surface area contributed by atoms with Crippen LogP contribution in [0.5, 0.6) is 0 Å². The van der Waals surface area contributed by atoms with Gasteiger partial charge in [-0.15, -0.1) is 11.3 Å². The summed E-state index contributed by atoms with van der Waals surface area (Å²) in [4.78, 5) is 10.7. The fraction of sp³-hybridized carbons (Fsp3) is 0.800. The van der Waals surface area contributed by atoms with E-state index in [0.717, 1.165) is 25.6 Å². The second-order valence-corrected chi connectivity index (χ2v) is 7.43. The first-order valence-electron chi connectivity index (χ1n) is 7.62. The van der Waals surface area contributed by atoms with Gasteiger partial charge in [-0.3, -0.25) is 0 Å². The molecule has 0 spiro atoms. The van der Waals surface area contributed by atoms with Crippen molar-refractivity contribution in [1.29, 1.82) is 0 Å². The molecule has 0 aromatic carbocycles. The van der Waals surface area contributed by atoms with Crippen LogP contribution in [0.4, 0.5) is 5.13 Å². The second-order valence-electron chi connectivity index (χ2n) is 6.34. The van der Waals surface area contributed by atoms with Gasteiger partial charge >= 0.3 is 0 Å². The van der Waals surface area contributed by atoms with Crippen LogP contribution in [0.2, 0.25) is 0 Å². The van der Waals surface area contributed by atoms with E-state index in [9.17, 15) is 0 Å². The normalized spacial score (nSPS) is 17.4. The average molecular weight is 296 g/mol. The predicted octanol–water partition coefficient (Wildman–Crippen LogP) is 2.42. The molecule has 2 heterocycles. The fourth-order valence-corrected chi connectivity index (χ4v) is 3.57. The SMILES string of the molecule is CC(C)NCc1cnc(N2CCC(CN(C)C)CC2)s1. The van der Waals surface area contributed by atoms with Crippen molar-refractivity contribution in [3.05, 3.63) is 11.1 Å². The molecule has 2 rings (SSSR count). The third kappa shape index (κ3) is 4.72. The van der Waals surface area contributed by atoms with Crippen molar-refractivity contribution in [2.75, 3.05) is 38.6 Å². The average Bonchev–Trinajstić information content (AvgIpc) is 2.85.